The molecule has 1 saturated heterocycles. The summed E-state index contributed by atoms with van der Waals surface area (Å²) in [5.41, 5.74) is 2.78. The summed E-state index contributed by atoms with van der Waals surface area (Å²) in [5.74, 6) is 0.943. The number of benzene rings is 1. The number of hydrogen-bond acceptors (Lipinski definition) is 3. The van der Waals surface area contributed by atoms with Gasteiger partial charge in [-0.1, -0.05) is 19.4 Å². The van der Waals surface area contributed by atoms with Crippen molar-refractivity contribution < 1.29 is 9.47 Å². The summed E-state index contributed by atoms with van der Waals surface area (Å²) in [4.78, 5) is 2.64. The predicted octanol–water partition coefficient (Wildman–Crippen LogP) is 3.18. The molecular weight excluding hydrogens is 250 g/mol. The van der Waals surface area contributed by atoms with E-state index in [-0.39, 0.29) is 6.10 Å². The Hall–Kier alpha value is -1.06. The van der Waals surface area contributed by atoms with Gasteiger partial charge in [-0.3, -0.25) is 4.90 Å². The molecule has 3 heteroatoms. The summed E-state index contributed by atoms with van der Waals surface area (Å²) < 4.78 is 11.5. The van der Waals surface area contributed by atoms with Crippen LogP contribution in [0.4, 0.5) is 0 Å². The third-order valence-corrected chi connectivity index (χ3v) is 4.66. The highest BCUT2D eigenvalue weighted by Crippen LogP contribution is 2.39. The van der Waals surface area contributed by atoms with Crippen LogP contribution in [0.25, 0.3) is 0 Å². The molecule has 1 aliphatic heterocycles. The summed E-state index contributed by atoms with van der Waals surface area (Å²) in [6.45, 7) is 5.40. The van der Waals surface area contributed by atoms with E-state index in [1.807, 2.05) is 0 Å². The summed E-state index contributed by atoms with van der Waals surface area (Å²) in [6, 6.07) is 7.00. The van der Waals surface area contributed by atoms with Crippen LogP contribution < -0.4 is 4.74 Å². The van der Waals surface area contributed by atoms with Gasteiger partial charge < -0.3 is 9.47 Å². The lowest BCUT2D eigenvalue weighted by Crippen LogP contribution is -2.49. The number of nitrogens with zero attached hydrogens (tertiary/aromatic N) is 1. The molecule has 20 heavy (non-hydrogen) atoms. The maximum absolute atomic E-state index is 6.12. The van der Waals surface area contributed by atoms with Crippen molar-refractivity contribution >= 4 is 0 Å². The molecule has 0 bridgehead atoms. The standard InChI is InChI=1S/C17H25NO2/c1-3-4-9-18-10-11-20-17-15-12-14(19-2)7-5-13(15)6-8-16(17)18/h5,7,12,16-17H,3-4,6,8-11H2,1-2H3/t16-,17?/m1/s1. The lowest BCUT2D eigenvalue weighted by atomic mass is 9.84. The Kier molecular flexibility index (Phi) is 4.27. The minimum absolute atomic E-state index is 0.236. The van der Waals surface area contributed by atoms with E-state index in [0.717, 1.165) is 25.3 Å². The first-order valence-corrected chi connectivity index (χ1v) is 7.86. The quantitative estimate of drug-likeness (QED) is 0.842. The van der Waals surface area contributed by atoms with E-state index in [2.05, 4.69) is 30.0 Å². The molecule has 1 aliphatic carbocycles. The lowest BCUT2D eigenvalue weighted by Gasteiger charge is -2.44. The highest BCUT2D eigenvalue weighted by molar-refractivity contribution is 5.40. The average Bonchev–Trinajstić information content (AvgIpc) is 2.52. The summed E-state index contributed by atoms with van der Waals surface area (Å²) in [7, 11) is 1.73. The molecule has 0 spiro atoms. The molecule has 1 fully saturated rings. The molecule has 1 heterocycles. The number of hydrogen-bond donors (Lipinski definition) is 0. The Morgan fingerprint density at radius 3 is 3.10 bits per heavy atom. The highest BCUT2D eigenvalue weighted by Gasteiger charge is 2.37. The number of methoxy groups -OCH3 is 1. The second kappa shape index (κ2) is 6.15. The summed E-state index contributed by atoms with van der Waals surface area (Å²) >= 11 is 0. The molecule has 2 atom stereocenters. The van der Waals surface area contributed by atoms with Gasteiger partial charge in [0.15, 0.2) is 0 Å². The van der Waals surface area contributed by atoms with Crippen LogP contribution >= 0.6 is 0 Å². The Balaban J connectivity index is 1.84. The van der Waals surface area contributed by atoms with Crippen molar-refractivity contribution in [3.63, 3.8) is 0 Å². The van der Waals surface area contributed by atoms with Crippen molar-refractivity contribution in [2.75, 3.05) is 26.8 Å². The van der Waals surface area contributed by atoms with E-state index in [4.69, 9.17) is 9.47 Å². The van der Waals surface area contributed by atoms with E-state index in [9.17, 15) is 0 Å². The monoisotopic (exact) mass is 275 g/mol. The molecule has 2 aliphatic rings. The number of aryl methyl sites for hydroxylation is 1. The normalized spacial score (nSPS) is 25.9. The lowest BCUT2D eigenvalue weighted by molar-refractivity contribution is -0.0805. The zero-order valence-corrected chi connectivity index (χ0v) is 12.6. The van der Waals surface area contributed by atoms with Gasteiger partial charge in [0.1, 0.15) is 5.75 Å². The number of unbranched alkanes of at least 4 members (excludes halogenated alkanes) is 1. The van der Waals surface area contributed by atoms with Crippen LogP contribution in [0.2, 0.25) is 0 Å². The van der Waals surface area contributed by atoms with Crippen molar-refractivity contribution in [2.24, 2.45) is 0 Å². The molecule has 110 valence electrons. The summed E-state index contributed by atoms with van der Waals surface area (Å²) in [6.07, 6.45) is 5.16. The largest absolute Gasteiger partial charge is 0.497 e. The van der Waals surface area contributed by atoms with Crippen LogP contribution in [-0.2, 0) is 11.2 Å². The fourth-order valence-electron chi connectivity index (χ4n) is 3.53. The van der Waals surface area contributed by atoms with Crippen LogP contribution in [0.15, 0.2) is 18.2 Å². The van der Waals surface area contributed by atoms with Crippen LogP contribution in [0.1, 0.15) is 43.4 Å². The van der Waals surface area contributed by atoms with Gasteiger partial charge in [0.25, 0.3) is 0 Å². The Bertz CT molecular complexity index is 460. The van der Waals surface area contributed by atoms with E-state index in [0.29, 0.717) is 6.04 Å². The second-order valence-electron chi connectivity index (χ2n) is 5.85. The van der Waals surface area contributed by atoms with Gasteiger partial charge in [-0.25, -0.2) is 0 Å². The third kappa shape index (κ3) is 2.57. The first-order chi connectivity index (χ1) is 9.83. The Labute approximate surface area is 121 Å². The molecule has 0 radical (unpaired) electrons. The first kappa shape index (κ1) is 13.9. The van der Waals surface area contributed by atoms with Gasteiger partial charge in [-0.05, 0) is 49.1 Å². The molecule has 1 unspecified atom stereocenters. The van der Waals surface area contributed by atoms with Crippen molar-refractivity contribution in [1.82, 2.24) is 4.90 Å². The van der Waals surface area contributed by atoms with Crippen molar-refractivity contribution in [3.8, 4) is 5.75 Å². The zero-order valence-electron chi connectivity index (χ0n) is 12.6. The topological polar surface area (TPSA) is 21.7 Å². The number of ether oxygens (including phenoxy) is 2. The van der Waals surface area contributed by atoms with Gasteiger partial charge in [-0.2, -0.15) is 0 Å². The minimum atomic E-state index is 0.236. The third-order valence-electron chi connectivity index (χ3n) is 4.66. The predicted molar refractivity (Wildman–Crippen MR) is 80.3 cm³/mol. The van der Waals surface area contributed by atoms with Gasteiger partial charge in [0.2, 0.25) is 0 Å². The molecule has 0 amide bonds. The molecule has 3 rings (SSSR count). The molecule has 3 nitrogen and oxygen atoms in total. The van der Waals surface area contributed by atoms with E-state index in [1.54, 1.807) is 7.11 Å². The number of rotatable bonds is 4. The van der Waals surface area contributed by atoms with E-state index in [1.165, 1.54) is 36.9 Å². The summed E-state index contributed by atoms with van der Waals surface area (Å²) in [5, 5.41) is 0. The number of morpholine rings is 1. The minimum Gasteiger partial charge on any atom is -0.497 e. The number of fused-ring (bicyclic) bond motifs is 3. The Morgan fingerprint density at radius 1 is 1.40 bits per heavy atom. The van der Waals surface area contributed by atoms with Crippen molar-refractivity contribution in [3.05, 3.63) is 29.3 Å². The molecule has 1 aromatic rings. The fraction of sp³-hybridized carbons (Fsp3) is 0.647. The maximum atomic E-state index is 6.12. The van der Waals surface area contributed by atoms with Crippen molar-refractivity contribution in [2.45, 2.75) is 44.8 Å². The van der Waals surface area contributed by atoms with Crippen LogP contribution in [0, 0.1) is 0 Å². The molecule has 0 saturated carbocycles. The molecule has 1 aromatic carbocycles. The second-order valence-corrected chi connectivity index (χ2v) is 5.85. The SMILES string of the molecule is CCCCN1CCOC2c3cc(OC)ccc3CC[C@H]21. The molecule has 0 aromatic heterocycles. The Morgan fingerprint density at radius 2 is 2.30 bits per heavy atom. The molecular formula is C17H25NO2. The molecule has 0 N–H and O–H groups in total. The van der Waals surface area contributed by atoms with Gasteiger partial charge in [0, 0.05) is 12.6 Å². The fourth-order valence-corrected chi connectivity index (χ4v) is 3.53. The van der Waals surface area contributed by atoms with Crippen LogP contribution in [0.5, 0.6) is 5.75 Å². The van der Waals surface area contributed by atoms with Gasteiger partial charge in [0.05, 0.1) is 19.8 Å². The smallest absolute Gasteiger partial charge is 0.119 e. The van der Waals surface area contributed by atoms with Crippen molar-refractivity contribution in [1.29, 1.82) is 0 Å². The maximum Gasteiger partial charge on any atom is 0.119 e. The first-order valence-electron chi connectivity index (χ1n) is 7.86. The van der Waals surface area contributed by atoms with E-state index >= 15 is 0 Å². The van der Waals surface area contributed by atoms with Crippen LogP contribution in [0.3, 0.4) is 0 Å². The van der Waals surface area contributed by atoms with Gasteiger partial charge >= 0.3 is 0 Å². The van der Waals surface area contributed by atoms with Gasteiger partial charge in [-0.15, -0.1) is 0 Å². The van der Waals surface area contributed by atoms with Crippen LogP contribution in [-0.4, -0.2) is 37.7 Å². The highest BCUT2D eigenvalue weighted by atomic mass is 16.5. The zero-order chi connectivity index (χ0) is 13.9. The van der Waals surface area contributed by atoms with E-state index < -0.39 is 0 Å². The average molecular weight is 275 g/mol.